The molecule has 1 atom stereocenters. The van der Waals surface area contributed by atoms with Crippen molar-refractivity contribution in [2.75, 3.05) is 18.4 Å². The summed E-state index contributed by atoms with van der Waals surface area (Å²) in [5, 5.41) is 6.07. The first-order valence-electron chi connectivity index (χ1n) is 10.6. The van der Waals surface area contributed by atoms with Crippen molar-refractivity contribution < 1.29 is 9.59 Å². The molecule has 5 rings (SSSR count). The highest BCUT2D eigenvalue weighted by Crippen LogP contribution is 2.30. The number of para-hydroxylation sites is 1. The van der Waals surface area contributed by atoms with E-state index in [1.165, 1.54) is 11.3 Å². The summed E-state index contributed by atoms with van der Waals surface area (Å²) in [4.78, 5) is 36.7. The van der Waals surface area contributed by atoms with Crippen LogP contribution in [0.4, 0.5) is 5.13 Å². The maximum atomic E-state index is 13.0. The van der Waals surface area contributed by atoms with E-state index >= 15 is 0 Å². The Hall–Kier alpha value is -3.58. The Morgan fingerprint density at radius 2 is 1.91 bits per heavy atom. The number of hydrogen-bond acceptors (Lipinski definition) is 5. The summed E-state index contributed by atoms with van der Waals surface area (Å²) in [6.07, 6.45) is 2.90. The molecule has 0 aliphatic carbocycles. The van der Waals surface area contributed by atoms with Crippen LogP contribution < -0.4 is 5.32 Å². The summed E-state index contributed by atoms with van der Waals surface area (Å²) >= 11 is 1.38. The van der Waals surface area contributed by atoms with Gasteiger partial charge in [-0.3, -0.25) is 19.9 Å². The molecule has 1 aliphatic heterocycles. The SMILES string of the molecule is O=C(Nc1nccs1)c1cc([C@H]2CCN(C(=O)Cc3ccccc3)C2)nc2ccccc12. The number of carbonyl (C=O) groups is 2. The van der Waals surface area contributed by atoms with Gasteiger partial charge in [0.15, 0.2) is 5.13 Å². The van der Waals surface area contributed by atoms with Gasteiger partial charge in [0.2, 0.25) is 5.91 Å². The molecule has 2 aromatic carbocycles. The Morgan fingerprint density at radius 3 is 2.72 bits per heavy atom. The fraction of sp³-hybridized carbons (Fsp3) is 0.200. The monoisotopic (exact) mass is 442 g/mol. The molecule has 0 radical (unpaired) electrons. The number of hydrogen-bond donors (Lipinski definition) is 1. The minimum Gasteiger partial charge on any atom is -0.342 e. The van der Waals surface area contributed by atoms with E-state index in [4.69, 9.17) is 4.98 Å². The number of rotatable bonds is 5. The summed E-state index contributed by atoms with van der Waals surface area (Å²) in [6, 6.07) is 19.3. The Labute approximate surface area is 189 Å². The van der Waals surface area contributed by atoms with Crippen LogP contribution >= 0.6 is 11.3 Å². The van der Waals surface area contributed by atoms with E-state index in [0.717, 1.165) is 28.6 Å². The number of aromatic nitrogens is 2. The van der Waals surface area contributed by atoms with Gasteiger partial charge >= 0.3 is 0 Å². The third-order valence-corrected chi connectivity index (χ3v) is 6.48. The maximum absolute atomic E-state index is 13.0. The van der Waals surface area contributed by atoms with Crippen molar-refractivity contribution in [3.8, 4) is 0 Å². The number of nitrogens with zero attached hydrogens (tertiary/aromatic N) is 3. The van der Waals surface area contributed by atoms with Crippen LogP contribution in [-0.4, -0.2) is 39.8 Å². The second kappa shape index (κ2) is 8.88. The van der Waals surface area contributed by atoms with Crippen LogP contribution in [0.5, 0.6) is 0 Å². The number of benzene rings is 2. The smallest absolute Gasteiger partial charge is 0.258 e. The number of likely N-dealkylation sites (tertiary alicyclic amines) is 1. The Morgan fingerprint density at radius 1 is 1.09 bits per heavy atom. The molecular formula is C25H22N4O2S. The summed E-state index contributed by atoms with van der Waals surface area (Å²) < 4.78 is 0. The van der Waals surface area contributed by atoms with Crippen LogP contribution in [0.1, 0.15) is 34.0 Å². The maximum Gasteiger partial charge on any atom is 0.258 e. The molecule has 0 saturated carbocycles. The van der Waals surface area contributed by atoms with Crippen molar-refractivity contribution in [3.63, 3.8) is 0 Å². The fourth-order valence-electron chi connectivity index (χ4n) is 4.15. The van der Waals surface area contributed by atoms with Gasteiger partial charge in [-0.1, -0.05) is 48.5 Å². The molecule has 2 aromatic heterocycles. The van der Waals surface area contributed by atoms with Crippen LogP contribution in [0, 0.1) is 0 Å². The van der Waals surface area contributed by atoms with Gasteiger partial charge in [-0.25, -0.2) is 4.98 Å². The van der Waals surface area contributed by atoms with Crippen molar-refractivity contribution in [1.82, 2.24) is 14.9 Å². The molecule has 3 heterocycles. The molecule has 1 saturated heterocycles. The minimum absolute atomic E-state index is 0.103. The molecule has 7 heteroatoms. The van der Waals surface area contributed by atoms with E-state index in [-0.39, 0.29) is 17.7 Å². The number of fused-ring (bicyclic) bond motifs is 1. The van der Waals surface area contributed by atoms with E-state index < -0.39 is 0 Å². The third-order valence-electron chi connectivity index (χ3n) is 5.79. The van der Waals surface area contributed by atoms with Crippen molar-refractivity contribution in [2.24, 2.45) is 0 Å². The molecule has 1 N–H and O–H groups in total. The lowest BCUT2D eigenvalue weighted by atomic mass is 9.99. The lowest BCUT2D eigenvalue weighted by Crippen LogP contribution is -2.30. The summed E-state index contributed by atoms with van der Waals surface area (Å²) in [7, 11) is 0. The van der Waals surface area contributed by atoms with Crippen LogP contribution in [0.3, 0.4) is 0 Å². The van der Waals surface area contributed by atoms with E-state index in [1.807, 2.05) is 70.9 Å². The normalized spacial score (nSPS) is 15.8. The van der Waals surface area contributed by atoms with Crippen LogP contribution in [0.25, 0.3) is 10.9 Å². The van der Waals surface area contributed by atoms with Crippen molar-refractivity contribution in [3.05, 3.63) is 89.1 Å². The predicted molar refractivity (Wildman–Crippen MR) is 126 cm³/mol. The Bertz CT molecular complexity index is 1260. The fourth-order valence-corrected chi connectivity index (χ4v) is 4.68. The lowest BCUT2D eigenvalue weighted by Gasteiger charge is -2.17. The zero-order valence-electron chi connectivity index (χ0n) is 17.4. The van der Waals surface area contributed by atoms with Crippen molar-refractivity contribution >= 4 is 39.2 Å². The van der Waals surface area contributed by atoms with Crippen molar-refractivity contribution in [2.45, 2.75) is 18.8 Å². The molecule has 0 unspecified atom stereocenters. The first kappa shape index (κ1) is 20.3. The third kappa shape index (κ3) is 4.24. The van der Waals surface area contributed by atoms with Gasteiger partial charge in [0, 0.05) is 41.7 Å². The van der Waals surface area contributed by atoms with Gasteiger partial charge < -0.3 is 4.90 Å². The lowest BCUT2D eigenvalue weighted by molar-refractivity contribution is -0.129. The number of amides is 2. The number of pyridine rings is 1. The van der Waals surface area contributed by atoms with Crippen LogP contribution in [-0.2, 0) is 11.2 Å². The number of nitrogens with one attached hydrogen (secondary N) is 1. The van der Waals surface area contributed by atoms with E-state index in [2.05, 4.69) is 10.3 Å². The first-order valence-corrected chi connectivity index (χ1v) is 11.5. The largest absolute Gasteiger partial charge is 0.342 e. The Kier molecular flexibility index (Phi) is 5.64. The summed E-state index contributed by atoms with van der Waals surface area (Å²) in [5.41, 5.74) is 3.23. The van der Waals surface area contributed by atoms with Gasteiger partial charge in [-0.2, -0.15) is 0 Å². The second-order valence-corrected chi connectivity index (χ2v) is 8.79. The van der Waals surface area contributed by atoms with Crippen LogP contribution in [0.2, 0.25) is 0 Å². The van der Waals surface area contributed by atoms with Crippen molar-refractivity contribution in [1.29, 1.82) is 0 Å². The minimum atomic E-state index is -0.199. The molecule has 0 spiro atoms. The Balaban J connectivity index is 1.38. The highest BCUT2D eigenvalue weighted by Gasteiger charge is 2.29. The molecular weight excluding hydrogens is 420 g/mol. The quantitative estimate of drug-likeness (QED) is 0.494. The first-order chi connectivity index (χ1) is 15.7. The topological polar surface area (TPSA) is 75.2 Å². The highest BCUT2D eigenvalue weighted by atomic mass is 32.1. The molecule has 160 valence electrons. The van der Waals surface area contributed by atoms with E-state index in [1.54, 1.807) is 6.20 Å². The molecule has 6 nitrogen and oxygen atoms in total. The summed E-state index contributed by atoms with van der Waals surface area (Å²) in [5.74, 6) is 0.0294. The van der Waals surface area contributed by atoms with E-state index in [9.17, 15) is 9.59 Å². The predicted octanol–water partition coefficient (Wildman–Crippen LogP) is 4.50. The van der Waals surface area contributed by atoms with E-state index in [0.29, 0.717) is 30.2 Å². The standard InChI is InChI=1S/C25H22N4O2S/c30-23(14-17-6-2-1-3-7-17)29-12-10-18(16-29)22-15-20(19-8-4-5-9-21(19)27-22)24(31)28-25-26-11-13-32-25/h1-9,11,13,15,18H,10,12,14,16H2,(H,26,28,31)/t18-/m0/s1. The molecule has 1 fully saturated rings. The molecule has 1 aliphatic rings. The molecule has 4 aromatic rings. The van der Waals surface area contributed by atoms with Crippen LogP contribution in [0.15, 0.2) is 72.2 Å². The van der Waals surface area contributed by atoms with Gasteiger partial charge in [0.1, 0.15) is 0 Å². The molecule has 32 heavy (non-hydrogen) atoms. The van der Waals surface area contributed by atoms with Gasteiger partial charge in [-0.05, 0) is 24.1 Å². The highest BCUT2D eigenvalue weighted by molar-refractivity contribution is 7.13. The zero-order chi connectivity index (χ0) is 21.9. The average molecular weight is 443 g/mol. The van der Waals surface area contributed by atoms with Gasteiger partial charge in [0.25, 0.3) is 5.91 Å². The average Bonchev–Trinajstić information content (AvgIpc) is 3.51. The second-order valence-electron chi connectivity index (χ2n) is 7.89. The van der Waals surface area contributed by atoms with Gasteiger partial charge in [0.05, 0.1) is 17.5 Å². The molecule has 2 amide bonds. The molecule has 0 bridgehead atoms. The van der Waals surface area contributed by atoms with Gasteiger partial charge in [-0.15, -0.1) is 11.3 Å². The zero-order valence-corrected chi connectivity index (χ0v) is 18.2. The number of carbonyl (C=O) groups excluding carboxylic acids is 2. The number of thiazole rings is 1. The summed E-state index contributed by atoms with van der Waals surface area (Å²) in [6.45, 7) is 1.32. The number of anilines is 1.